The van der Waals surface area contributed by atoms with Gasteiger partial charge in [-0.05, 0) is 6.42 Å². The van der Waals surface area contributed by atoms with Gasteiger partial charge in [0.1, 0.15) is 19.2 Å². The first-order chi connectivity index (χ1) is 6.33. The Morgan fingerprint density at radius 1 is 1.62 bits per heavy atom. The van der Waals surface area contributed by atoms with Crippen molar-refractivity contribution in [1.29, 1.82) is 0 Å². The molecule has 1 aromatic heterocycles. The Kier molecular flexibility index (Phi) is 3.95. The smallest absolute Gasteiger partial charge is 0.241 e. The van der Waals surface area contributed by atoms with E-state index in [0.29, 0.717) is 0 Å². The van der Waals surface area contributed by atoms with E-state index < -0.39 is 0 Å². The number of hydrogen-bond acceptors (Lipinski definition) is 3. The molecule has 0 spiro atoms. The van der Waals surface area contributed by atoms with Crippen LogP contribution >= 0.6 is 0 Å². The third-order valence-electron chi connectivity index (χ3n) is 1.62. The van der Waals surface area contributed by atoms with Gasteiger partial charge in [-0.2, -0.15) is 5.10 Å². The minimum absolute atomic E-state index is 0.0149. The van der Waals surface area contributed by atoms with Gasteiger partial charge in [0.2, 0.25) is 5.91 Å². The normalized spacial score (nSPS) is 9.92. The number of carbonyl (C=O) groups excluding carboxylic acids is 1. The van der Waals surface area contributed by atoms with Crippen molar-refractivity contribution in [3.05, 3.63) is 12.7 Å². The first kappa shape index (κ1) is 9.70. The molecule has 0 aliphatic carbocycles. The molecule has 0 aromatic carbocycles. The fourth-order valence-corrected chi connectivity index (χ4v) is 0.922. The van der Waals surface area contributed by atoms with Gasteiger partial charge >= 0.3 is 0 Å². The Morgan fingerprint density at radius 3 is 3.08 bits per heavy atom. The number of aromatic nitrogens is 3. The minimum Gasteiger partial charge on any atom is -0.354 e. The SMILES string of the molecule is CCCCNC(=O)Cn1cncn1. The molecule has 5 heteroatoms. The highest BCUT2D eigenvalue weighted by Gasteiger charge is 2.00. The van der Waals surface area contributed by atoms with Gasteiger partial charge in [-0.3, -0.25) is 4.79 Å². The van der Waals surface area contributed by atoms with Crippen LogP contribution in [-0.4, -0.2) is 27.2 Å². The molecular formula is C8H14N4O. The molecule has 0 radical (unpaired) electrons. The van der Waals surface area contributed by atoms with E-state index in [0.717, 1.165) is 19.4 Å². The number of hydrogen-bond donors (Lipinski definition) is 1. The van der Waals surface area contributed by atoms with Gasteiger partial charge in [0.05, 0.1) is 0 Å². The lowest BCUT2D eigenvalue weighted by Crippen LogP contribution is -2.28. The van der Waals surface area contributed by atoms with Crippen LogP contribution in [0.3, 0.4) is 0 Å². The maximum absolute atomic E-state index is 11.2. The zero-order valence-electron chi connectivity index (χ0n) is 7.73. The Hall–Kier alpha value is -1.39. The zero-order chi connectivity index (χ0) is 9.52. The molecule has 1 heterocycles. The summed E-state index contributed by atoms with van der Waals surface area (Å²) in [6.45, 7) is 3.08. The van der Waals surface area contributed by atoms with Crippen LogP contribution in [0, 0.1) is 0 Å². The number of rotatable bonds is 5. The molecule has 1 rings (SSSR count). The van der Waals surface area contributed by atoms with Crippen molar-refractivity contribution in [3.8, 4) is 0 Å². The molecule has 72 valence electrons. The Balaban J connectivity index is 2.18. The number of carbonyl (C=O) groups is 1. The molecule has 0 bridgehead atoms. The number of nitrogens with zero attached hydrogens (tertiary/aromatic N) is 3. The summed E-state index contributed by atoms with van der Waals surface area (Å²) in [5.74, 6) is -0.0149. The maximum Gasteiger partial charge on any atom is 0.241 e. The van der Waals surface area contributed by atoms with Crippen LogP contribution in [0.15, 0.2) is 12.7 Å². The second-order valence-corrected chi connectivity index (χ2v) is 2.80. The maximum atomic E-state index is 11.2. The van der Waals surface area contributed by atoms with E-state index in [1.54, 1.807) is 0 Å². The molecule has 1 N–H and O–H groups in total. The third kappa shape index (κ3) is 3.68. The van der Waals surface area contributed by atoms with Crippen LogP contribution in [0.4, 0.5) is 0 Å². The Morgan fingerprint density at radius 2 is 2.46 bits per heavy atom. The summed E-state index contributed by atoms with van der Waals surface area (Å²) in [5, 5.41) is 6.62. The second kappa shape index (κ2) is 5.29. The van der Waals surface area contributed by atoms with Gasteiger partial charge in [0, 0.05) is 6.54 Å². The summed E-state index contributed by atoms with van der Waals surface area (Å²) in [6.07, 6.45) is 5.05. The highest BCUT2D eigenvalue weighted by Crippen LogP contribution is 1.84. The summed E-state index contributed by atoms with van der Waals surface area (Å²) in [7, 11) is 0. The molecule has 0 unspecified atom stereocenters. The van der Waals surface area contributed by atoms with Crippen molar-refractivity contribution in [1.82, 2.24) is 20.1 Å². The molecule has 0 atom stereocenters. The van der Waals surface area contributed by atoms with Gasteiger partial charge in [-0.25, -0.2) is 9.67 Å². The van der Waals surface area contributed by atoms with Gasteiger partial charge in [0.25, 0.3) is 0 Å². The number of amides is 1. The molecule has 0 aliphatic heterocycles. The number of unbranched alkanes of at least 4 members (excludes halogenated alkanes) is 1. The van der Waals surface area contributed by atoms with Crippen molar-refractivity contribution in [2.45, 2.75) is 26.3 Å². The molecule has 0 aliphatic rings. The molecular weight excluding hydrogens is 168 g/mol. The number of nitrogens with one attached hydrogen (secondary N) is 1. The van der Waals surface area contributed by atoms with Gasteiger partial charge in [-0.1, -0.05) is 13.3 Å². The van der Waals surface area contributed by atoms with E-state index in [-0.39, 0.29) is 12.5 Å². The molecule has 5 nitrogen and oxygen atoms in total. The largest absolute Gasteiger partial charge is 0.354 e. The van der Waals surface area contributed by atoms with Crippen LogP contribution in [0.25, 0.3) is 0 Å². The van der Waals surface area contributed by atoms with Crippen molar-refractivity contribution >= 4 is 5.91 Å². The lowest BCUT2D eigenvalue weighted by molar-refractivity contribution is -0.121. The summed E-state index contributed by atoms with van der Waals surface area (Å²) in [5.41, 5.74) is 0. The fraction of sp³-hybridized carbons (Fsp3) is 0.625. The third-order valence-corrected chi connectivity index (χ3v) is 1.62. The standard InChI is InChI=1S/C8H14N4O/c1-2-3-4-10-8(13)5-12-7-9-6-11-12/h6-7H,2-5H2,1H3,(H,10,13). The van der Waals surface area contributed by atoms with E-state index in [4.69, 9.17) is 0 Å². The topological polar surface area (TPSA) is 59.8 Å². The van der Waals surface area contributed by atoms with E-state index in [2.05, 4.69) is 22.3 Å². The highest BCUT2D eigenvalue weighted by atomic mass is 16.2. The zero-order valence-corrected chi connectivity index (χ0v) is 7.73. The molecule has 0 saturated carbocycles. The second-order valence-electron chi connectivity index (χ2n) is 2.80. The average Bonchev–Trinajstić information content (AvgIpc) is 2.57. The van der Waals surface area contributed by atoms with Crippen molar-refractivity contribution in [2.24, 2.45) is 0 Å². The van der Waals surface area contributed by atoms with Crippen LogP contribution in [0.5, 0.6) is 0 Å². The van der Waals surface area contributed by atoms with Gasteiger partial charge < -0.3 is 5.32 Å². The monoisotopic (exact) mass is 182 g/mol. The van der Waals surface area contributed by atoms with Gasteiger partial charge in [-0.15, -0.1) is 0 Å². The predicted molar refractivity (Wildman–Crippen MR) is 47.9 cm³/mol. The average molecular weight is 182 g/mol. The van der Waals surface area contributed by atoms with E-state index in [9.17, 15) is 4.79 Å². The van der Waals surface area contributed by atoms with Crippen molar-refractivity contribution in [3.63, 3.8) is 0 Å². The highest BCUT2D eigenvalue weighted by molar-refractivity contribution is 5.75. The minimum atomic E-state index is -0.0149. The van der Waals surface area contributed by atoms with Crippen LogP contribution < -0.4 is 5.32 Å². The first-order valence-corrected chi connectivity index (χ1v) is 4.42. The van der Waals surface area contributed by atoms with Crippen molar-refractivity contribution < 1.29 is 4.79 Å². The molecule has 0 fully saturated rings. The van der Waals surface area contributed by atoms with Gasteiger partial charge in [0.15, 0.2) is 0 Å². The van der Waals surface area contributed by atoms with Crippen LogP contribution in [-0.2, 0) is 11.3 Å². The van der Waals surface area contributed by atoms with Crippen LogP contribution in [0.2, 0.25) is 0 Å². The Bertz CT molecular complexity index is 245. The summed E-state index contributed by atoms with van der Waals surface area (Å²) >= 11 is 0. The summed E-state index contributed by atoms with van der Waals surface area (Å²) in [6, 6.07) is 0. The van der Waals surface area contributed by atoms with E-state index in [1.165, 1.54) is 17.3 Å². The fourth-order valence-electron chi connectivity index (χ4n) is 0.922. The van der Waals surface area contributed by atoms with Crippen LogP contribution in [0.1, 0.15) is 19.8 Å². The summed E-state index contributed by atoms with van der Waals surface area (Å²) in [4.78, 5) is 14.9. The molecule has 1 aromatic rings. The van der Waals surface area contributed by atoms with E-state index in [1.807, 2.05) is 0 Å². The molecule has 0 saturated heterocycles. The first-order valence-electron chi connectivity index (χ1n) is 4.42. The predicted octanol–water partition coefficient (Wildman–Crippen LogP) is 0.194. The van der Waals surface area contributed by atoms with E-state index >= 15 is 0 Å². The molecule has 13 heavy (non-hydrogen) atoms. The Labute approximate surface area is 77.2 Å². The lowest BCUT2D eigenvalue weighted by Gasteiger charge is -2.02. The summed E-state index contributed by atoms with van der Waals surface area (Å²) < 4.78 is 1.50. The lowest BCUT2D eigenvalue weighted by atomic mass is 10.3. The quantitative estimate of drug-likeness (QED) is 0.661. The molecule has 1 amide bonds. The van der Waals surface area contributed by atoms with Crippen molar-refractivity contribution in [2.75, 3.05) is 6.54 Å².